The van der Waals surface area contributed by atoms with Gasteiger partial charge in [-0.3, -0.25) is 4.79 Å². The van der Waals surface area contributed by atoms with Crippen molar-refractivity contribution >= 4 is 23.4 Å². The quantitative estimate of drug-likeness (QED) is 0.526. The molecule has 8 nitrogen and oxygen atoms in total. The van der Waals surface area contributed by atoms with E-state index in [-0.39, 0.29) is 24.7 Å². The van der Waals surface area contributed by atoms with Gasteiger partial charge in [0.25, 0.3) is 0 Å². The maximum atomic E-state index is 11.3. The number of hydrogen-bond acceptors (Lipinski definition) is 7. The molecule has 3 aromatic rings. The van der Waals surface area contributed by atoms with Crippen LogP contribution in [0.4, 0.5) is 5.69 Å². The molecule has 1 saturated heterocycles. The number of nitrogens with one attached hydrogen (secondary N) is 1. The van der Waals surface area contributed by atoms with Gasteiger partial charge >= 0.3 is 0 Å². The predicted octanol–water partition coefficient (Wildman–Crippen LogP) is 3.60. The number of benzene rings is 2. The molecule has 0 bridgehead atoms. The number of aliphatic hydroxyl groups excluding tert-OH is 1. The fourth-order valence-electron chi connectivity index (χ4n) is 3.52. The average molecular weight is 455 g/mol. The second-order valence-corrected chi connectivity index (χ2v) is 8.68. The normalized spacial score (nSPS) is 20.8. The van der Waals surface area contributed by atoms with E-state index in [0.29, 0.717) is 12.2 Å². The highest BCUT2D eigenvalue weighted by molar-refractivity contribution is 7.99. The largest absolute Gasteiger partial charge is 0.392 e. The maximum Gasteiger partial charge on any atom is 0.221 e. The molecule has 1 fully saturated rings. The van der Waals surface area contributed by atoms with Gasteiger partial charge in [0.05, 0.1) is 18.8 Å². The number of anilines is 1. The van der Waals surface area contributed by atoms with E-state index in [2.05, 4.69) is 15.5 Å². The number of thioether (sulfide) groups is 1. The van der Waals surface area contributed by atoms with Crippen LogP contribution in [0.5, 0.6) is 0 Å². The number of amides is 1. The minimum absolute atomic E-state index is 0.00908. The summed E-state index contributed by atoms with van der Waals surface area (Å²) in [5.41, 5.74) is 3.51. The predicted molar refractivity (Wildman–Crippen MR) is 121 cm³/mol. The van der Waals surface area contributed by atoms with Gasteiger partial charge < -0.3 is 24.5 Å². The number of rotatable bonds is 7. The van der Waals surface area contributed by atoms with Crippen molar-refractivity contribution < 1.29 is 19.4 Å². The smallest absolute Gasteiger partial charge is 0.221 e. The van der Waals surface area contributed by atoms with Crippen LogP contribution in [0.25, 0.3) is 0 Å². The van der Waals surface area contributed by atoms with Crippen molar-refractivity contribution in [2.45, 2.75) is 43.6 Å². The minimum atomic E-state index is -0.539. The molecular formula is C23H26N4O4S. The van der Waals surface area contributed by atoms with Gasteiger partial charge in [-0.25, -0.2) is 0 Å². The van der Waals surface area contributed by atoms with Crippen molar-refractivity contribution in [3.05, 3.63) is 71.5 Å². The van der Waals surface area contributed by atoms with Gasteiger partial charge in [-0.05, 0) is 23.3 Å². The first kappa shape index (κ1) is 22.5. The maximum absolute atomic E-state index is 11.3. The van der Waals surface area contributed by atoms with Gasteiger partial charge in [-0.15, -0.1) is 10.2 Å². The van der Waals surface area contributed by atoms with E-state index >= 15 is 0 Å². The molecule has 1 aliphatic heterocycles. The number of aryl methyl sites for hydroxylation is 1. The molecule has 0 spiro atoms. The molecular weight excluding hydrogens is 428 g/mol. The van der Waals surface area contributed by atoms with Crippen molar-refractivity contribution in [2.75, 3.05) is 11.1 Å². The van der Waals surface area contributed by atoms with Crippen LogP contribution >= 0.6 is 11.8 Å². The SMILES string of the molecule is CC(=O)Nc1ccc([C@H]2O[C@@H](CSc3nncn3C)C[C@@H](c3ccc(CO)cc3)O2)cc1. The molecule has 1 amide bonds. The first-order chi connectivity index (χ1) is 15.5. The number of hydrogen-bond donors (Lipinski definition) is 2. The van der Waals surface area contributed by atoms with Gasteiger partial charge in [-0.1, -0.05) is 48.2 Å². The average Bonchev–Trinajstić information content (AvgIpc) is 3.22. The zero-order valence-electron chi connectivity index (χ0n) is 18.0. The molecule has 3 atom stereocenters. The fraction of sp³-hybridized carbons (Fsp3) is 0.348. The zero-order valence-corrected chi connectivity index (χ0v) is 18.8. The Kier molecular flexibility index (Phi) is 7.21. The summed E-state index contributed by atoms with van der Waals surface area (Å²) in [6, 6.07) is 15.3. The molecule has 4 rings (SSSR count). The van der Waals surface area contributed by atoms with E-state index in [0.717, 1.165) is 27.5 Å². The third-order valence-electron chi connectivity index (χ3n) is 5.19. The van der Waals surface area contributed by atoms with Crippen molar-refractivity contribution in [3.8, 4) is 0 Å². The number of ether oxygens (including phenoxy) is 2. The van der Waals surface area contributed by atoms with Gasteiger partial charge in [0.1, 0.15) is 6.33 Å². The van der Waals surface area contributed by atoms with E-state index in [1.807, 2.05) is 60.1 Å². The highest BCUT2D eigenvalue weighted by atomic mass is 32.2. The molecule has 0 aliphatic carbocycles. The summed E-state index contributed by atoms with van der Waals surface area (Å²) in [5, 5.41) is 21.0. The number of carbonyl (C=O) groups is 1. The number of carbonyl (C=O) groups excluding carboxylic acids is 1. The molecule has 0 saturated carbocycles. The lowest BCUT2D eigenvalue weighted by molar-refractivity contribution is -0.245. The highest BCUT2D eigenvalue weighted by Gasteiger charge is 2.32. The number of nitrogens with zero attached hydrogens (tertiary/aromatic N) is 3. The Labute approximate surface area is 191 Å². The van der Waals surface area contributed by atoms with Crippen molar-refractivity contribution in [3.63, 3.8) is 0 Å². The van der Waals surface area contributed by atoms with Crippen molar-refractivity contribution in [1.82, 2.24) is 14.8 Å². The topological polar surface area (TPSA) is 98.5 Å². The van der Waals surface area contributed by atoms with Crippen molar-refractivity contribution in [2.24, 2.45) is 7.05 Å². The fourth-order valence-corrected chi connectivity index (χ4v) is 4.43. The van der Waals surface area contributed by atoms with Gasteiger partial charge in [-0.2, -0.15) is 0 Å². The van der Waals surface area contributed by atoms with Gasteiger partial charge in [0, 0.05) is 37.4 Å². The molecule has 2 aromatic carbocycles. The Morgan fingerprint density at radius 3 is 2.50 bits per heavy atom. The molecule has 32 heavy (non-hydrogen) atoms. The molecule has 2 N–H and O–H groups in total. The lowest BCUT2D eigenvalue weighted by atomic mass is 10.0. The summed E-state index contributed by atoms with van der Waals surface area (Å²) in [5.74, 6) is 0.594. The Morgan fingerprint density at radius 2 is 1.88 bits per heavy atom. The molecule has 0 radical (unpaired) electrons. The van der Waals surface area contributed by atoms with E-state index < -0.39 is 6.29 Å². The van der Waals surface area contributed by atoms with E-state index in [1.165, 1.54) is 6.92 Å². The number of aliphatic hydroxyl groups is 1. The summed E-state index contributed by atoms with van der Waals surface area (Å²) in [6.45, 7) is 1.49. The standard InChI is InChI=1S/C23H26N4O4S/c1-15(29)25-19-9-7-18(8-10-19)22-30-20(13-32-23-26-24-14-27(23)2)11-21(31-22)17-5-3-16(12-28)4-6-17/h3-10,14,20-22,28H,11-13H2,1-2H3,(H,25,29)/t20-,21+,22+/m1/s1. The molecule has 2 heterocycles. The lowest BCUT2D eigenvalue weighted by Gasteiger charge is -2.36. The second kappa shape index (κ2) is 10.3. The van der Waals surface area contributed by atoms with Crippen LogP contribution in [0.15, 0.2) is 60.0 Å². The number of aromatic nitrogens is 3. The monoisotopic (exact) mass is 454 g/mol. The molecule has 1 aromatic heterocycles. The summed E-state index contributed by atoms with van der Waals surface area (Å²) < 4.78 is 14.5. The second-order valence-electron chi connectivity index (χ2n) is 7.69. The van der Waals surface area contributed by atoms with Gasteiger partial charge in [0.2, 0.25) is 5.91 Å². The zero-order chi connectivity index (χ0) is 22.5. The van der Waals surface area contributed by atoms with Crippen LogP contribution in [0.1, 0.15) is 42.4 Å². The van der Waals surface area contributed by atoms with Crippen LogP contribution < -0.4 is 5.32 Å². The molecule has 9 heteroatoms. The summed E-state index contributed by atoms with van der Waals surface area (Å²) >= 11 is 1.60. The van der Waals surface area contributed by atoms with Gasteiger partial charge in [0.15, 0.2) is 11.4 Å². The lowest BCUT2D eigenvalue weighted by Crippen LogP contribution is -2.31. The third-order valence-corrected chi connectivity index (χ3v) is 6.35. The first-order valence-corrected chi connectivity index (χ1v) is 11.4. The minimum Gasteiger partial charge on any atom is -0.392 e. The van der Waals surface area contributed by atoms with Crippen LogP contribution in [0.2, 0.25) is 0 Å². The Morgan fingerprint density at radius 1 is 1.16 bits per heavy atom. The summed E-state index contributed by atoms with van der Waals surface area (Å²) in [6.07, 6.45) is 1.62. The Bertz CT molecular complexity index is 1040. The van der Waals surface area contributed by atoms with Crippen LogP contribution in [-0.2, 0) is 27.9 Å². The van der Waals surface area contributed by atoms with E-state index in [1.54, 1.807) is 18.1 Å². The van der Waals surface area contributed by atoms with E-state index in [9.17, 15) is 9.90 Å². The first-order valence-electron chi connectivity index (χ1n) is 10.4. The molecule has 1 aliphatic rings. The highest BCUT2D eigenvalue weighted by Crippen LogP contribution is 2.39. The van der Waals surface area contributed by atoms with Crippen LogP contribution in [-0.4, -0.2) is 37.6 Å². The van der Waals surface area contributed by atoms with Crippen molar-refractivity contribution in [1.29, 1.82) is 0 Å². The third kappa shape index (κ3) is 5.55. The van der Waals surface area contributed by atoms with Crippen LogP contribution in [0, 0.1) is 0 Å². The summed E-state index contributed by atoms with van der Waals surface area (Å²) in [7, 11) is 1.91. The van der Waals surface area contributed by atoms with E-state index in [4.69, 9.17) is 9.47 Å². The van der Waals surface area contributed by atoms with Crippen LogP contribution in [0.3, 0.4) is 0 Å². The summed E-state index contributed by atoms with van der Waals surface area (Å²) in [4.78, 5) is 11.3. The Hall–Kier alpha value is -2.72. The molecule has 0 unspecified atom stereocenters. The molecule has 168 valence electrons. The Balaban J connectivity index is 1.52.